The molecule has 0 radical (unpaired) electrons. The fourth-order valence-electron chi connectivity index (χ4n) is 1.71. The van der Waals surface area contributed by atoms with Crippen LogP contribution in [0.15, 0.2) is 24.4 Å². The van der Waals surface area contributed by atoms with Crippen molar-refractivity contribution in [1.82, 2.24) is 4.98 Å². The number of rotatable bonds is 3. The van der Waals surface area contributed by atoms with Gasteiger partial charge in [0.05, 0.1) is 4.92 Å². The SMILES string of the molecule is O=C(c1c[nH]c2ccc([N+](=O)[O-])cc12)C(F)(F)C(F)(F)F. The number of aromatic amines is 1. The van der Waals surface area contributed by atoms with Crippen LogP contribution in [0.25, 0.3) is 10.9 Å². The summed E-state index contributed by atoms with van der Waals surface area (Å²) in [4.78, 5) is 23.5. The van der Waals surface area contributed by atoms with E-state index in [0.29, 0.717) is 6.20 Å². The molecule has 0 atom stereocenters. The number of aromatic nitrogens is 1. The third-order valence-corrected chi connectivity index (χ3v) is 2.76. The maximum atomic E-state index is 13.1. The van der Waals surface area contributed by atoms with E-state index in [1.54, 1.807) is 0 Å². The highest BCUT2D eigenvalue weighted by Gasteiger charge is 2.63. The maximum Gasteiger partial charge on any atom is 0.461 e. The zero-order chi connectivity index (χ0) is 16.0. The van der Waals surface area contributed by atoms with Crippen molar-refractivity contribution in [1.29, 1.82) is 0 Å². The number of nitro benzene ring substituents is 1. The van der Waals surface area contributed by atoms with Crippen LogP contribution < -0.4 is 0 Å². The van der Waals surface area contributed by atoms with Gasteiger partial charge >= 0.3 is 12.1 Å². The first kappa shape index (κ1) is 14.9. The molecule has 1 heterocycles. The molecule has 2 aromatic rings. The molecule has 0 aliphatic carbocycles. The van der Waals surface area contributed by atoms with Gasteiger partial charge in [0.15, 0.2) is 0 Å². The topological polar surface area (TPSA) is 76.0 Å². The zero-order valence-corrected chi connectivity index (χ0v) is 9.87. The number of H-pyrrole nitrogens is 1. The Labute approximate surface area is 112 Å². The van der Waals surface area contributed by atoms with Gasteiger partial charge in [0, 0.05) is 34.8 Å². The number of hydrogen-bond acceptors (Lipinski definition) is 3. The van der Waals surface area contributed by atoms with Gasteiger partial charge in [-0.05, 0) is 6.07 Å². The summed E-state index contributed by atoms with van der Waals surface area (Å²) in [6, 6.07) is 2.89. The molecule has 0 amide bonds. The number of carbonyl (C=O) groups excluding carboxylic acids is 1. The quantitative estimate of drug-likeness (QED) is 0.408. The van der Waals surface area contributed by atoms with Crippen molar-refractivity contribution < 1.29 is 31.7 Å². The minimum absolute atomic E-state index is 0.0296. The lowest BCUT2D eigenvalue weighted by Crippen LogP contribution is -2.44. The lowest BCUT2D eigenvalue weighted by atomic mass is 10.0. The number of benzene rings is 1. The van der Waals surface area contributed by atoms with Crippen molar-refractivity contribution in [2.75, 3.05) is 0 Å². The van der Waals surface area contributed by atoms with Gasteiger partial charge in [0.25, 0.3) is 5.69 Å². The van der Waals surface area contributed by atoms with Crippen molar-refractivity contribution in [3.63, 3.8) is 0 Å². The Balaban J connectivity index is 2.59. The fourth-order valence-corrected chi connectivity index (χ4v) is 1.71. The lowest BCUT2D eigenvalue weighted by Gasteiger charge is -2.17. The molecule has 0 saturated heterocycles. The van der Waals surface area contributed by atoms with Crippen LogP contribution in [-0.2, 0) is 0 Å². The van der Waals surface area contributed by atoms with E-state index in [2.05, 4.69) is 4.98 Å². The zero-order valence-electron chi connectivity index (χ0n) is 9.87. The molecule has 2 rings (SSSR count). The number of nitrogens with zero attached hydrogens (tertiary/aromatic N) is 1. The molecule has 1 N–H and O–H groups in total. The summed E-state index contributed by atoms with van der Waals surface area (Å²) in [6.07, 6.45) is -5.38. The second kappa shape index (κ2) is 4.50. The molecule has 0 spiro atoms. The van der Waals surface area contributed by atoms with Crippen LogP contribution in [0.3, 0.4) is 0 Å². The maximum absolute atomic E-state index is 13.1. The highest BCUT2D eigenvalue weighted by atomic mass is 19.4. The van der Waals surface area contributed by atoms with Crippen LogP contribution in [0, 0.1) is 10.1 Å². The number of ketones is 1. The smallest absolute Gasteiger partial charge is 0.360 e. The fraction of sp³-hybridized carbons (Fsp3) is 0.182. The average molecular weight is 308 g/mol. The Morgan fingerprint density at radius 1 is 1.19 bits per heavy atom. The summed E-state index contributed by atoms with van der Waals surface area (Å²) < 4.78 is 62.7. The highest BCUT2D eigenvalue weighted by molar-refractivity contribution is 6.11. The minimum atomic E-state index is -6.05. The Morgan fingerprint density at radius 2 is 1.81 bits per heavy atom. The monoisotopic (exact) mass is 308 g/mol. The summed E-state index contributed by atoms with van der Waals surface area (Å²) in [6.45, 7) is 0. The van der Waals surface area contributed by atoms with Crippen molar-refractivity contribution in [2.24, 2.45) is 0 Å². The lowest BCUT2D eigenvalue weighted by molar-refractivity contribution is -0.384. The molecule has 10 heteroatoms. The van der Waals surface area contributed by atoms with Crippen LogP contribution in [0.5, 0.6) is 0 Å². The van der Waals surface area contributed by atoms with Gasteiger partial charge in [0.2, 0.25) is 5.78 Å². The number of nitro groups is 1. The highest BCUT2D eigenvalue weighted by Crippen LogP contribution is 2.39. The van der Waals surface area contributed by atoms with Crippen LogP contribution in [0.2, 0.25) is 0 Å². The van der Waals surface area contributed by atoms with Crippen molar-refractivity contribution in [2.45, 2.75) is 12.1 Å². The second-order valence-electron chi connectivity index (χ2n) is 4.09. The summed E-state index contributed by atoms with van der Waals surface area (Å²) in [5.41, 5.74) is -1.47. The molecule has 0 fully saturated rings. The largest absolute Gasteiger partial charge is 0.461 e. The van der Waals surface area contributed by atoms with Crippen molar-refractivity contribution in [3.05, 3.63) is 40.1 Å². The molecule has 0 bridgehead atoms. The van der Waals surface area contributed by atoms with Crippen molar-refractivity contribution >= 4 is 22.4 Å². The van der Waals surface area contributed by atoms with E-state index in [1.165, 1.54) is 0 Å². The van der Waals surface area contributed by atoms with Crippen LogP contribution >= 0.6 is 0 Å². The molecule has 0 aliphatic heterocycles. The van der Waals surface area contributed by atoms with Gasteiger partial charge in [0.1, 0.15) is 0 Å². The molecule has 21 heavy (non-hydrogen) atoms. The van der Waals surface area contributed by atoms with Gasteiger partial charge in [-0.3, -0.25) is 14.9 Å². The van der Waals surface area contributed by atoms with Crippen LogP contribution in [0.4, 0.5) is 27.6 Å². The van der Waals surface area contributed by atoms with Gasteiger partial charge in [-0.15, -0.1) is 0 Å². The van der Waals surface area contributed by atoms with E-state index in [0.717, 1.165) is 18.2 Å². The molecule has 1 aromatic heterocycles. The second-order valence-corrected chi connectivity index (χ2v) is 4.09. The Morgan fingerprint density at radius 3 is 2.33 bits per heavy atom. The Hall–Kier alpha value is -2.52. The van der Waals surface area contributed by atoms with E-state index in [9.17, 15) is 36.9 Å². The average Bonchev–Trinajstić information content (AvgIpc) is 2.78. The standard InChI is InChI=1S/C11H5F5N2O3/c12-10(13,11(14,15)16)9(19)7-4-17-8-2-1-5(18(20)21)3-6(7)8/h1-4,17H. The van der Waals surface area contributed by atoms with Crippen LogP contribution in [0.1, 0.15) is 10.4 Å². The summed E-state index contributed by atoms with van der Waals surface area (Å²) >= 11 is 0. The predicted octanol–water partition coefficient (Wildman–Crippen LogP) is 3.46. The van der Waals surface area contributed by atoms with E-state index in [1.807, 2.05) is 0 Å². The molecular formula is C11H5F5N2O3. The number of halogens is 5. The van der Waals surface area contributed by atoms with Crippen LogP contribution in [-0.4, -0.2) is 27.8 Å². The molecule has 0 unspecified atom stereocenters. The predicted molar refractivity (Wildman–Crippen MR) is 60.3 cm³/mol. The number of carbonyl (C=O) groups is 1. The Kier molecular flexibility index (Phi) is 3.19. The number of alkyl halides is 5. The number of fused-ring (bicyclic) bond motifs is 1. The number of nitrogens with one attached hydrogen (secondary N) is 1. The van der Waals surface area contributed by atoms with E-state index < -0.39 is 34.1 Å². The molecule has 1 aromatic carbocycles. The third-order valence-electron chi connectivity index (χ3n) is 2.76. The molecule has 112 valence electrons. The Bertz CT molecular complexity index is 735. The number of Topliss-reactive ketones (excluding diaryl/α,β-unsaturated/α-hetero) is 1. The summed E-state index contributed by atoms with van der Waals surface area (Å²) in [5.74, 6) is -8.05. The summed E-state index contributed by atoms with van der Waals surface area (Å²) in [7, 11) is 0. The number of non-ortho nitro benzene ring substituents is 1. The minimum Gasteiger partial charge on any atom is -0.360 e. The van der Waals surface area contributed by atoms with Gasteiger partial charge < -0.3 is 4.98 Å². The number of hydrogen-bond donors (Lipinski definition) is 1. The summed E-state index contributed by atoms with van der Waals surface area (Å²) in [5, 5.41) is 10.2. The van der Waals surface area contributed by atoms with Gasteiger partial charge in [-0.1, -0.05) is 0 Å². The first-order valence-electron chi connectivity index (χ1n) is 5.30. The van der Waals surface area contributed by atoms with E-state index >= 15 is 0 Å². The van der Waals surface area contributed by atoms with E-state index in [-0.39, 0.29) is 10.9 Å². The normalized spacial score (nSPS) is 12.6. The molecule has 5 nitrogen and oxygen atoms in total. The molecule has 0 saturated carbocycles. The van der Waals surface area contributed by atoms with E-state index in [4.69, 9.17) is 0 Å². The first-order valence-corrected chi connectivity index (χ1v) is 5.30. The van der Waals surface area contributed by atoms with Gasteiger partial charge in [-0.2, -0.15) is 22.0 Å². The third kappa shape index (κ3) is 2.32. The van der Waals surface area contributed by atoms with Gasteiger partial charge in [-0.25, -0.2) is 0 Å². The molecular weight excluding hydrogens is 303 g/mol. The first-order chi connectivity index (χ1) is 9.55. The van der Waals surface area contributed by atoms with Crippen molar-refractivity contribution in [3.8, 4) is 0 Å². The molecule has 0 aliphatic rings.